The van der Waals surface area contributed by atoms with Crippen molar-refractivity contribution in [2.75, 3.05) is 0 Å². The van der Waals surface area contributed by atoms with Crippen LogP contribution < -0.4 is 5.32 Å². The largest absolute Gasteiger partial charge is 0.393 e. The Labute approximate surface area is 155 Å². The van der Waals surface area contributed by atoms with Gasteiger partial charge in [0, 0.05) is 12.6 Å². The Balaban J connectivity index is 2.16. The lowest BCUT2D eigenvalue weighted by Gasteiger charge is -2.33. The summed E-state index contributed by atoms with van der Waals surface area (Å²) < 4.78 is 0. The van der Waals surface area contributed by atoms with Crippen molar-refractivity contribution in [1.29, 1.82) is 0 Å². The molecule has 0 saturated heterocycles. The first-order valence-corrected chi connectivity index (χ1v) is 9.16. The minimum atomic E-state index is -0.753. The van der Waals surface area contributed by atoms with Gasteiger partial charge in [-0.1, -0.05) is 67.6 Å². The first-order valence-electron chi connectivity index (χ1n) is 8.71. The van der Waals surface area contributed by atoms with Crippen molar-refractivity contribution in [2.45, 2.75) is 39.0 Å². The van der Waals surface area contributed by atoms with Crippen molar-refractivity contribution < 1.29 is 9.90 Å². The van der Waals surface area contributed by atoms with Crippen LogP contribution in [0.15, 0.2) is 60.7 Å². The summed E-state index contributed by atoms with van der Waals surface area (Å²) in [6.07, 6.45) is 0.0777. The van der Waals surface area contributed by atoms with Crippen LogP contribution in [-0.4, -0.2) is 22.4 Å². The van der Waals surface area contributed by atoms with E-state index < -0.39 is 12.0 Å². The highest BCUT2D eigenvalue weighted by Crippen LogP contribution is 2.23. The van der Waals surface area contributed by atoms with Crippen LogP contribution in [0.25, 0.3) is 0 Å². The minimum Gasteiger partial charge on any atom is -0.393 e. The number of benzene rings is 2. The fraction of sp³-hybridized carbons (Fsp3) is 0.381. The van der Waals surface area contributed by atoms with Gasteiger partial charge in [0.1, 0.15) is 0 Å². The van der Waals surface area contributed by atoms with Crippen molar-refractivity contribution in [3.63, 3.8) is 0 Å². The molecule has 0 fully saturated rings. The van der Waals surface area contributed by atoms with Gasteiger partial charge in [0.2, 0.25) is 0 Å². The number of hydrogen-bond donors (Lipinski definition) is 3. The van der Waals surface area contributed by atoms with E-state index in [9.17, 15) is 9.90 Å². The number of nitrogens with one attached hydrogen (secondary N) is 1. The first kappa shape index (κ1) is 19.7. The van der Waals surface area contributed by atoms with Gasteiger partial charge >= 0.3 is 0 Å². The van der Waals surface area contributed by atoms with Gasteiger partial charge in [-0.15, -0.1) is 12.6 Å². The fourth-order valence-electron chi connectivity index (χ4n) is 3.29. The molecule has 0 bridgehead atoms. The molecule has 25 heavy (non-hydrogen) atoms. The molecule has 0 saturated carbocycles. The summed E-state index contributed by atoms with van der Waals surface area (Å²) >= 11 is 4.03. The van der Waals surface area contributed by atoms with Gasteiger partial charge < -0.3 is 10.4 Å². The lowest BCUT2D eigenvalue weighted by Crippen LogP contribution is -2.48. The molecule has 2 aromatic carbocycles. The molecule has 0 heterocycles. The van der Waals surface area contributed by atoms with Crippen LogP contribution in [0.2, 0.25) is 0 Å². The lowest BCUT2D eigenvalue weighted by molar-refractivity contribution is -0.119. The molecule has 4 heteroatoms. The molecule has 134 valence electrons. The molecule has 0 aromatic heterocycles. The van der Waals surface area contributed by atoms with E-state index in [2.05, 4.69) is 37.0 Å². The van der Waals surface area contributed by atoms with E-state index in [0.29, 0.717) is 6.54 Å². The predicted molar refractivity (Wildman–Crippen MR) is 106 cm³/mol. The van der Waals surface area contributed by atoms with E-state index in [-0.39, 0.29) is 17.1 Å². The molecule has 4 atom stereocenters. The van der Waals surface area contributed by atoms with E-state index in [4.69, 9.17) is 0 Å². The normalized spacial score (nSPS) is 16.0. The highest BCUT2D eigenvalue weighted by atomic mass is 32.1. The van der Waals surface area contributed by atoms with Crippen LogP contribution >= 0.6 is 12.6 Å². The number of hydrogen-bond acceptors (Lipinski definition) is 3. The van der Waals surface area contributed by atoms with Gasteiger partial charge in [0.15, 0.2) is 5.12 Å². The molecule has 2 N–H and O–H groups in total. The fourth-order valence-corrected chi connectivity index (χ4v) is 3.66. The molecular weight excluding hydrogens is 330 g/mol. The van der Waals surface area contributed by atoms with Crippen molar-refractivity contribution in [2.24, 2.45) is 11.8 Å². The van der Waals surface area contributed by atoms with Crippen molar-refractivity contribution in [1.82, 2.24) is 5.32 Å². The summed E-state index contributed by atoms with van der Waals surface area (Å²) in [6.45, 7) is 4.42. The number of rotatable bonds is 9. The summed E-state index contributed by atoms with van der Waals surface area (Å²) in [5.74, 6) is -0.382. The molecule has 0 aliphatic rings. The molecule has 3 nitrogen and oxygen atoms in total. The zero-order valence-corrected chi connectivity index (χ0v) is 15.7. The third kappa shape index (κ3) is 5.99. The van der Waals surface area contributed by atoms with Crippen LogP contribution in [0.3, 0.4) is 0 Å². The number of thiol groups is 1. The number of carbonyl (C=O) groups excluding carboxylic acids is 1. The Kier molecular flexibility index (Phi) is 7.69. The molecule has 0 amide bonds. The second kappa shape index (κ2) is 9.76. The molecule has 4 unspecified atom stereocenters. The third-order valence-corrected chi connectivity index (χ3v) is 4.89. The van der Waals surface area contributed by atoms with Crippen molar-refractivity contribution >= 4 is 17.7 Å². The Morgan fingerprint density at radius 1 is 1.00 bits per heavy atom. The monoisotopic (exact) mass is 357 g/mol. The lowest BCUT2D eigenvalue weighted by atomic mass is 9.83. The van der Waals surface area contributed by atoms with E-state index in [1.165, 1.54) is 5.56 Å². The quantitative estimate of drug-likeness (QED) is 0.602. The standard InChI is InChI=1S/C21H27NO2S/c1-15(13-17-9-5-3-6-10-17)20(19(16(2)23)21(24)25)22-14-18-11-7-4-8-12-18/h3-12,15-16,19-20,22-23H,13-14H2,1-2H3,(H,24,25). The van der Waals surface area contributed by atoms with E-state index in [1.807, 2.05) is 48.5 Å². The number of aliphatic hydroxyl groups is 1. The maximum absolute atomic E-state index is 12.1. The number of carbonyl (C=O) groups is 1. The predicted octanol–water partition coefficient (Wildman–Crippen LogP) is 3.48. The van der Waals surface area contributed by atoms with Crippen molar-refractivity contribution in [3.8, 4) is 0 Å². The Hall–Kier alpha value is -1.62. The second-order valence-electron chi connectivity index (χ2n) is 6.66. The average molecular weight is 358 g/mol. The van der Waals surface area contributed by atoms with Gasteiger partial charge in [-0.2, -0.15) is 0 Å². The number of aliphatic hydroxyl groups excluding tert-OH is 1. The van der Waals surface area contributed by atoms with Gasteiger partial charge in [-0.25, -0.2) is 0 Å². The molecular formula is C21H27NO2S. The van der Waals surface area contributed by atoms with Crippen LogP contribution in [0.1, 0.15) is 25.0 Å². The molecule has 2 aromatic rings. The van der Waals surface area contributed by atoms with Gasteiger partial charge in [0.05, 0.1) is 12.0 Å². The SMILES string of the molecule is CC(O)C(C(=O)S)C(NCc1ccccc1)C(C)Cc1ccccc1. The molecule has 0 spiro atoms. The molecule has 2 rings (SSSR count). The van der Waals surface area contributed by atoms with Gasteiger partial charge in [-0.05, 0) is 30.4 Å². The second-order valence-corrected chi connectivity index (χ2v) is 7.10. The maximum Gasteiger partial charge on any atom is 0.193 e. The smallest absolute Gasteiger partial charge is 0.193 e. The van der Waals surface area contributed by atoms with Crippen LogP contribution in [-0.2, 0) is 17.8 Å². The Morgan fingerprint density at radius 2 is 1.52 bits per heavy atom. The summed E-state index contributed by atoms with van der Waals surface area (Å²) in [7, 11) is 0. The highest BCUT2D eigenvalue weighted by Gasteiger charge is 2.34. The first-order chi connectivity index (χ1) is 12.0. The van der Waals surface area contributed by atoms with Crippen LogP contribution in [0.4, 0.5) is 0 Å². The summed E-state index contributed by atoms with van der Waals surface area (Å²) in [4.78, 5) is 12.1. The summed E-state index contributed by atoms with van der Waals surface area (Å²) in [6, 6.07) is 20.1. The minimum absolute atomic E-state index is 0.162. The zero-order valence-electron chi connectivity index (χ0n) is 14.8. The topological polar surface area (TPSA) is 49.3 Å². The zero-order chi connectivity index (χ0) is 18.2. The highest BCUT2D eigenvalue weighted by molar-refractivity contribution is 7.96. The Morgan fingerprint density at radius 3 is 2.00 bits per heavy atom. The van der Waals surface area contributed by atoms with E-state index in [0.717, 1.165) is 12.0 Å². The maximum atomic E-state index is 12.1. The Bertz CT molecular complexity index is 645. The van der Waals surface area contributed by atoms with Gasteiger partial charge in [-0.3, -0.25) is 4.79 Å². The average Bonchev–Trinajstić information content (AvgIpc) is 2.59. The van der Waals surface area contributed by atoms with E-state index in [1.54, 1.807) is 6.92 Å². The van der Waals surface area contributed by atoms with Gasteiger partial charge in [0.25, 0.3) is 0 Å². The molecule has 0 radical (unpaired) electrons. The van der Waals surface area contributed by atoms with Crippen LogP contribution in [0, 0.1) is 11.8 Å². The summed E-state index contributed by atoms with van der Waals surface area (Å²) in [5, 5.41) is 13.4. The van der Waals surface area contributed by atoms with Crippen molar-refractivity contribution in [3.05, 3.63) is 71.8 Å². The summed E-state index contributed by atoms with van der Waals surface area (Å²) in [5.41, 5.74) is 2.37. The third-order valence-electron chi connectivity index (χ3n) is 4.59. The van der Waals surface area contributed by atoms with E-state index >= 15 is 0 Å². The van der Waals surface area contributed by atoms with Crippen LogP contribution in [0.5, 0.6) is 0 Å². The molecule has 0 aliphatic carbocycles. The molecule has 0 aliphatic heterocycles.